The molecule has 8 heteroatoms. The van der Waals surface area contributed by atoms with Crippen molar-refractivity contribution in [3.63, 3.8) is 0 Å². The highest BCUT2D eigenvalue weighted by Crippen LogP contribution is 2.26. The second-order valence-corrected chi connectivity index (χ2v) is 9.81. The van der Waals surface area contributed by atoms with Crippen LogP contribution in [0.5, 0.6) is 0 Å². The predicted octanol–water partition coefficient (Wildman–Crippen LogP) is 5.65. The lowest BCUT2D eigenvalue weighted by Gasteiger charge is -2.26. The number of nitrogens with zero attached hydrogens (tertiary/aromatic N) is 2. The van der Waals surface area contributed by atoms with Gasteiger partial charge in [0.05, 0.1) is 22.9 Å². The third kappa shape index (κ3) is 7.68. The fraction of sp³-hybridized carbons (Fsp3) is 0.357. The molecule has 6 nitrogen and oxygen atoms in total. The van der Waals surface area contributed by atoms with Gasteiger partial charge in [0.15, 0.2) is 0 Å². The van der Waals surface area contributed by atoms with Crippen molar-refractivity contribution in [2.75, 3.05) is 7.05 Å². The van der Waals surface area contributed by atoms with Gasteiger partial charge in [-0.05, 0) is 55.6 Å². The molecule has 0 aliphatic heterocycles. The third-order valence-electron chi connectivity index (χ3n) is 6.50. The number of carbonyl (C=O) groups is 1. The molecule has 2 aromatic carbocycles. The van der Waals surface area contributed by atoms with Crippen LogP contribution in [0.1, 0.15) is 52.9 Å². The highest BCUT2D eigenvalue weighted by atomic mass is 35.5. The van der Waals surface area contributed by atoms with E-state index in [4.69, 9.17) is 33.4 Å². The second-order valence-electron chi connectivity index (χ2n) is 8.99. The summed E-state index contributed by atoms with van der Waals surface area (Å²) in [6.45, 7) is 1.16. The number of benzene rings is 2. The van der Waals surface area contributed by atoms with Crippen LogP contribution in [0.3, 0.4) is 0 Å². The van der Waals surface area contributed by atoms with Gasteiger partial charge in [0.1, 0.15) is 5.02 Å². The van der Waals surface area contributed by atoms with E-state index in [1.807, 2.05) is 30.3 Å². The van der Waals surface area contributed by atoms with E-state index in [1.165, 1.54) is 31.7 Å². The fourth-order valence-corrected chi connectivity index (χ4v) is 4.92. The maximum absolute atomic E-state index is 12.7. The lowest BCUT2D eigenvalue weighted by Crippen LogP contribution is -2.33. The molecule has 0 radical (unpaired) electrons. The zero-order valence-electron chi connectivity index (χ0n) is 20.4. The van der Waals surface area contributed by atoms with E-state index in [0.717, 1.165) is 16.8 Å². The number of hydrogen-bond acceptors (Lipinski definition) is 4. The summed E-state index contributed by atoms with van der Waals surface area (Å²) in [4.78, 5) is 25.9. The van der Waals surface area contributed by atoms with E-state index < -0.39 is 5.97 Å². The molecule has 1 heterocycles. The van der Waals surface area contributed by atoms with Gasteiger partial charge in [0, 0.05) is 19.1 Å². The zero-order valence-corrected chi connectivity index (χ0v) is 21.9. The van der Waals surface area contributed by atoms with Gasteiger partial charge in [-0.2, -0.15) is 0 Å². The molecule has 36 heavy (non-hydrogen) atoms. The Labute approximate surface area is 221 Å². The molecule has 0 spiro atoms. The number of aliphatic hydroxyl groups is 1. The summed E-state index contributed by atoms with van der Waals surface area (Å²) in [6, 6.07) is 18.2. The van der Waals surface area contributed by atoms with E-state index in [1.54, 1.807) is 28.8 Å². The molecule has 1 aromatic heterocycles. The molecule has 0 amide bonds. The number of pyridine rings is 1. The Morgan fingerprint density at radius 2 is 1.64 bits per heavy atom. The van der Waals surface area contributed by atoms with Crippen molar-refractivity contribution in [3.8, 4) is 0 Å². The minimum atomic E-state index is -0.957. The Bertz CT molecular complexity index is 1190. The van der Waals surface area contributed by atoms with Gasteiger partial charge in [-0.15, -0.1) is 0 Å². The van der Waals surface area contributed by atoms with Crippen LogP contribution >= 0.6 is 23.2 Å². The number of hydrogen-bond donors (Lipinski definition) is 2. The van der Waals surface area contributed by atoms with Gasteiger partial charge in [0.2, 0.25) is 0 Å². The summed E-state index contributed by atoms with van der Waals surface area (Å²) in [5.41, 5.74) is 2.68. The average Bonchev–Trinajstić information content (AvgIpc) is 3.43. The largest absolute Gasteiger partial charge is 0.478 e. The van der Waals surface area contributed by atoms with E-state index in [9.17, 15) is 9.59 Å². The third-order valence-corrected chi connectivity index (χ3v) is 7.10. The molecule has 0 unspecified atom stereocenters. The van der Waals surface area contributed by atoms with Crippen molar-refractivity contribution in [1.29, 1.82) is 0 Å². The van der Waals surface area contributed by atoms with Crippen molar-refractivity contribution < 1.29 is 15.0 Å². The molecule has 1 aliphatic rings. The molecule has 3 aromatic rings. The minimum absolute atomic E-state index is 0.110. The number of aromatic nitrogens is 1. The summed E-state index contributed by atoms with van der Waals surface area (Å²) >= 11 is 12.6. The van der Waals surface area contributed by atoms with Crippen LogP contribution in [0.2, 0.25) is 10.0 Å². The number of halogens is 2. The van der Waals surface area contributed by atoms with Crippen molar-refractivity contribution in [1.82, 2.24) is 9.47 Å². The molecule has 4 rings (SSSR count). The first kappa shape index (κ1) is 27.9. The van der Waals surface area contributed by atoms with Crippen LogP contribution in [0.4, 0.5) is 0 Å². The van der Waals surface area contributed by atoms with Gasteiger partial charge in [-0.25, -0.2) is 4.79 Å². The van der Waals surface area contributed by atoms with E-state index in [-0.39, 0.29) is 22.8 Å². The van der Waals surface area contributed by atoms with Crippen LogP contribution in [-0.4, -0.2) is 38.7 Å². The topological polar surface area (TPSA) is 82.8 Å². The summed E-state index contributed by atoms with van der Waals surface area (Å²) < 4.78 is 1.65. The molecule has 192 valence electrons. The van der Waals surface area contributed by atoms with Crippen LogP contribution in [0.15, 0.2) is 65.5 Å². The Morgan fingerprint density at radius 3 is 2.19 bits per heavy atom. The zero-order chi connectivity index (χ0) is 26.1. The molecular formula is C28H32Cl2N2O4. The molecule has 1 saturated carbocycles. The number of aromatic carboxylic acids is 1. The first-order valence-electron chi connectivity index (χ1n) is 12.0. The van der Waals surface area contributed by atoms with Crippen LogP contribution in [-0.2, 0) is 26.1 Å². The Kier molecular flexibility index (Phi) is 10.6. The lowest BCUT2D eigenvalue weighted by molar-refractivity contribution is 0.0697. The Morgan fingerprint density at radius 1 is 1.00 bits per heavy atom. The highest BCUT2D eigenvalue weighted by Gasteiger charge is 2.22. The molecule has 0 bridgehead atoms. The standard InChI is InChI=1S/C21H24Cl2N2O3.C7H8O/c1-24(16-4-2-3-5-16)13-19-17(22)12-18(23)20(26)25(19)11-10-14-6-8-15(9-7-14)21(27)28;8-6-7-4-2-1-3-5-7/h6-9,12,16H,2-5,10-11,13H2,1H3,(H,27,28);1-5,8H,6H2. The number of carboxylic acid groups (broad SMARTS) is 1. The molecular weight excluding hydrogens is 499 g/mol. The number of carboxylic acids is 1. The highest BCUT2D eigenvalue weighted by molar-refractivity contribution is 6.34. The quantitative estimate of drug-likeness (QED) is 0.393. The monoisotopic (exact) mass is 530 g/mol. The number of aryl methyl sites for hydroxylation is 1. The fourth-order valence-electron chi connectivity index (χ4n) is 4.38. The maximum Gasteiger partial charge on any atom is 0.335 e. The molecule has 1 fully saturated rings. The number of rotatable bonds is 8. The Hall–Kier alpha value is -2.64. The normalized spacial score (nSPS) is 13.5. The van der Waals surface area contributed by atoms with Crippen molar-refractivity contribution in [3.05, 3.63) is 103 Å². The second kappa shape index (κ2) is 13.6. The first-order valence-corrected chi connectivity index (χ1v) is 12.8. The molecule has 0 saturated heterocycles. The van der Waals surface area contributed by atoms with Gasteiger partial charge >= 0.3 is 5.97 Å². The van der Waals surface area contributed by atoms with E-state index >= 15 is 0 Å². The summed E-state index contributed by atoms with van der Waals surface area (Å²) in [5, 5.41) is 18.2. The molecule has 2 N–H and O–H groups in total. The maximum atomic E-state index is 12.7. The SMILES string of the molecule is CN(Cc1c(Cl)cc(Cl)c(=O)n1CCc1ccc(C(=O)O)cc1)C1CCCC1.OCc1ccccc1. The smallest absolute Gasteiger partial charge is 0.335 e. The summed E-state index contributed by atoms with van der Waals surface area (Å²) in [5.74, 6) is -0.957. The van der Waals surface area contributed by atoms with Crippen molar-refractivity contribution in [2.24, 2.45) is 0 Å². The van der Waals surface area contributed by atoms with Crippen LogP contribution in [0.25, 0.3) is 0 Å². The lowest BCUT2D eigenvalue weighted by atomic mass is 10.1. The van der Waals surface area contributed by atoms with Gasteiger partial charge < -0.3 is 14.8 Å². The first-order chi connectivity index (χ1) is 17.3. The average molecular weight is 531 g/mol. The minimum Gasteiger partial charge on any atom is -0.478 e. The molecule has 0 atom stereocenters. The summed E-state index contributed by atoms with van der Waals surface area (Å²) in [6.07, 6.45) is 5.39. The van der Waals surface area contributed by atoms with Crippen LogP contribution in [0, 0.1) is 0 Å². The number of aliphatic hydroxyl groups excluding tert-OH is 1. The summed E-state index contributed by atoms with van der Waals surface area (Å²) in [7, 11) is 2.07. The van der Waals surface area contributed by atoms with E-state index in [0.29, 0.717) is 30.6 Å². The van der Waals surface area contributed by atoms with Crippen LogP contribution < -0.4 is 5.56 Å². The molecule has 1 aliphatic carbocycles. The van der Waals surface area contributed by atoms with Gasteiger partial charge in [-0.3, -0.25) is 9.69 Å². The van der Waals surface area contributed by atoms with Gasteiger partial charge in [-0.1, -0.05) is 78.5 Å². The van der Waals surface area contributed by atoms with Crippen molar-refractivity contribution in [2.45, 2.75) is 57.8 Å². The van der Waals surface area contributed by atoms with Gasteiger partial charge in [0.25, 0.3) is 5.56 Å². The predicted molar refractivity (Wildman–Crippen MR) is 144 cm³/mol. The van der Waals surface area contributed by atoms with Crippen molar-refractivity contribution >= 4 is 29.2 Å². The van der Waals surface area contributed by atoms with E-state index in [2.05, 4.69) is 11.9 Å². The Balaban J connectivity index is 0.000000383.